The van der Waals surface area contributed by atoms with Crippen molar-refractivity contribution in [2.45, 2.75) is 32.8 Å². The van der Waals surface area contributed by atoms with Gasteiger partial charge in [-0.2, -0.15) is 0 Å². The summed E-state index contributed by atoms with van der Waals surface area (Å²) in [7, 11) is 0. The average molecular weight is 548 g/mol. The van der Waals surface area contributed by atoms with Crippen LogP contribution >= 0.6 is 23.2 Å². The predicted octanol–water partition coefficient (Wildman–Crippen LogP) is 4.49. The van der Waals surface area contributed by atoms with Gasteiger partial charge in [0.25, 0.3) is 5.91 Å². The van der Waals surface area contributed by atoms with Crippen LogP contribution in [0.25, 0.3) is 5.69 Å². The maximum absolute atomic E-state index is 13.4. The molecule has 10 heteroatoms. The molecule has 1 atom stereocenters. The minimum Gasteiger partial charge on any atom is -0.390 e. The Morgan fingerprint density at radius 1 is 1.14 bits per heavy atom. The van der Waals surface area contributed by atoms with Crippen molar-refractivity contribution in [2.24, 2.45) is 0 Å². The second-order valence-electron chi connectivity index (χ2n) is 9.25. The normalized spacial score (nSPS) is 15.1. The number of β-amino-alcohol motifs (C(OH)–C–C–N with tert-alkyl or cyclic N) is 1. The van der Waals surface area contributed by atoms with Gasteiger partial charge in [-0.1, -0.05) is 36.2 Å². The molecule has 0 spiro atoms. The highest BCUT2D eigenvalue weighted by atomic mass is 35.5. The van der Waals surface area contributed by atoms with Crippen molar-refractivity contribution < 1.29 is 14.3 Å². The first kappa shape index (κ1) is 27.4. The summed E-state index contributed by atoms with van der Waals surface area (Å²) in [6, 6.07) is 11.8. The molecule has 198 valence electrons. The third-order valence-electron chi connectivity index (χ3n) is 6.56. The summed E-state index contributed by atoms with van der Waals surface area (Å²) in [6.07, 6.45) is 0.814. The van der Waals surface area contributed by atoms with Gasteiger partial charge < -0.3 is 19.9 Å². The second kappa shape index (κ2) is 12.3. The molecule has 2 heterocycles. The molecule has 3 aromatic rings. The topological polar surface area (TPSA) is 73.6 Å². The van der Waals surface area contributed by atoms with E-state index in [0.29, 0.717) is 34.4 Å². The minimum absolute atomic E-state index is 0.116. The maximum Gasteiger partial charge on any atom is 0.271 e. The van der Waals surface area contributed by atoms with E-state index in [-0.39, 0.29) is 18.3 Å². The number of hydrogen-bond donors (Lipinski definition) is 2. The number of aliphatic hydroxyl groups excluding tert-OH is 1. The summed E-state index contributed by atoms with van der Waals surface area (Å²) >= 11 is 12.5. The number of aryl methyl sites for hydroxylation is 1. The molecule has 0 saturated carbocycles. The Labute approximate surface area is 226 Å². The van der Waals surface area contributed by atoms with E-state index in [1.165, 1.54) is 12.1 Å². The molecule has 1 saturated heterocycles. The largest absolute Gasteiger partial charge is 0.390 e. The zero-order valence-corrected chi connectivity index (χ0v) is 22.6. The van der Waals surface area contributed by atoms with E-state index in [1.54, 1.807) is 18.2 Å². The molecule has 1 amide bonds. The van der Waals surface area contributed by atoms with Crippen LogP contribution in [0.15, 0.2) is 42.5 Å². The van der Waals surface area contributed by atoms with Crippen LogP contribution in [-0.2, 0) is 6.42 Å². The van der Waals surface area contributed by atoms with Gasteiger partial charge in [-0.3, -0.25) is 9.69 Å². The van der Waals surface area contributed by atoms with Crippen molar-refractivity contribution in [3.63, 3.8) is 0 Å². The number of nitrogens with zero attached hydrogens (tertiary/aromatic N) is 4. The molecular formula is C27H32Cl2FN5O2. The molecular weight excluding hydrogens is 516 g/mol. The summed E-state index contributed by atoms with van der Waals surface area (Å²) < 4.78 is 15.3. The van der Waals surface area contributed by atoms with Crippen molar-refractivity contribution >= 4 is 34.8 Å². The highest BCUT2D eigenvalue weighted by Gasteiger charge is 2.23. The minimum atomic E-state index is -0.722. The fourth-order valence-electron chi connectivity index (χ4n) is 4.66. The summed E-state index contributed by atoms with van der Waals surface area (Å²) in [5, 5.41) is 14.5. The van der Waals surface area contributed by atoms with Crippen LogP contribution in [0, 0.1) is 12.7 Å². The third-order valence-corrected chi connectivity index (χ3v) is 7.37. The van der Waals surface area contributed by atoms with E-state index in [2.05, 4.69) is 20.1 Å². The lowest BCUT2D eigenvalue weighted by molar-refractivity contribution is 0.0847. The Bertz CT molecular complexity index is 1230. The number of anilines is 1. The van der Waals surface area contributed by atoms with Crippen molar-refractivity contribution in [1.29, 1.82) is 0 Å². The lowest BCUT2D eigenvalue weighted by atomic mass is 10.2. The quantitative estimate of drug-likeness (QED) is 0.412. The number of rotatable bonds is 9. The number of benzene rings is 2. The second-order valence-corrected chi connectivity index (χ2v) is 10.0. The first-order valence-corrected chi connectivity index (χ1v) is 13.3. The molecule has 1 fully saturated rings. The number of imidazole rings is 1. The number of nitrogens with one attached hydrogen (secondary N) is 1. The first-order chi connectivity index (χ1) is 17.8. The molecule has 4 rings (SSSR count). The number of piperazine rings is 1. The molecule has 0 aliphatic carbocycles. The lowest BCUT2D eigenvalue weighted by Crippen LogP contribution is -2.50. The van der Waals surface area contributed by atoms with Crippen LogP contribution in [0.2, 0.25) is 10.0 Å². The van der Waals surface area contributed by atoms with Gasteiger partial charge in [0.05, 0.1) is 27.5 Å². The molecule has 7 nitrogen and oxygen atoms in total. The Hall–Kier alpha value is -2.65. The highest BCUT2D eigenvalue weighted by molar-refractivity contribution is 6.43. The lowest BCUT2D eigenvalue weighted by Gasteiger charge is -2.37. The van der Waals surface area contributed by atoms with Crippen LogP contribution in [0.4, 0.5) is 10.1 Å². The summed E-state index contributed by atoms with van der Waals surface area (Å²) in [5.41, 5.74) is 2.66. The fraction of sp³-hybridized carbons (Fsp3) is 0.407. The average Bonchev–Trinajstić information content (AvgIpc) is 3.21. The number of halogens is 3. The van der Waals surface area contributed by atoms with Crippen LogP contribution in [-0.4, -0.2) is 70.8 Å². The van der Waals surface area contributed by atoms with Gasteiger partial charge >= 0.3 is 0 Å². The molecule has 1 aliphatic rings. The third kappa shape index (κ3) is 6.44. The highest BCUT2D eigenvalue weighted by Crippen LogP contribution is 2.32. The molecule has 0 bridgehead atoms. The number of carbonyl (C=O) groups is 1. The Morgan fingerprint density at radius 3 is 2.51 bits per heavy atom. The van der Waals surface area contributed by atoms with E-state index < -0.39 is 6.10 Å². The van der Waals surface area contributed by atoms with Crippen molar-refractivity contribution in [3.05, 3.63) is 75.5 Å². The van der Waals surface area contributed by atoms with E-state index in [9.17, 15) is 14.3 Å². The van der Waals surface area contributed by atoms with Crippen LogP contribution in [0.3, 0.4) is 0 Å². The summed E-state index contributed by atoms with van der Waals surface area (Å²) in [4.78, 5) is 21.9. The zero-order chi connectivity index (χ0) is 26.5. The molecule has 2 aromatic carbocycles. The number of hydrogen-bond acceptors (Lipinski definition) is 5. The van der Waals surface area contributed by atoms with Gasteiger partial charge in [-0.15, -0.1) is 0 Å². The monoisotopic (exact) mass is 547 g/mol. The van der Waals surface area contributed by atoms with Crippen molar-refractivity contribution in [2.75, 3.05) is 44.2 Å². The van der Waals surface area contributed by atoms with E-state index in [0.717, 1.165) is 49.8 Å². The van der Waals surface area contributed by atoms with Crippen LogP contribution in [0.1, 0.15) is 35.4 Å². The van der Waals surface area contributed by atoms with Crippen LogP contribution in [0.5, 0.6) is 0 Å². The maximum atomic E-state index is 13.4. The summed E-state index contributed by atoms with van der Waals surface area (Å²) in [5.74, 6) is 0.0883. The molecule has 0 radical (unpaired) electrons. The smallest absolute Gasteiger partial charge is 0.271 e. The van der Waals surface area contributed by atoms with Crippen LogP contribution < -0.4 is 10.2 Å². The number of aliphatic hydroxyl groups is 1. The molecule has 1 aromatic heterocycles. The zero-order valence-electron chi connectivity index (χ0n) is 21.1. The Balaban J connectivity index is 1.33. The van der Waals surface area contributed by atoms with Crippen molar-refractivity contribution in [1.82, 2.24) is 19.8 Å². The van der Waals surface area contributed by atoms with Gasteiger partial charge in [0.2, 0.25) is 0 Å². The predicted molar refractivity (Wildman–Crippen MR) is 146 cm³/mol. The van der Waals surface area contributed by atoms with Gasteiger partial charge in [0.15, 0.2) is 0 Å². The van der Waals surface area contributed by atoms with Crippen molar-refractivity contribution in [3.8, 4) is 5.69 Å². The molecule has 37 heavy (non-hydrogen) atoms. The Morgan fingerprint density at radius 2 is 1.84 bits per heavy atom. The van der Waals surface area contributed by atoms with E-state index in [4.69, 9.17) is 23.2 Å². The molecule has 1 unspecified atom stereocenters. The number of aromatic nitrogens is 2. The van der Waals surface area contributed by atoms with Gasteiger partial charge in [-0.05, 0) is 49.7 Å². The first-order valence-electron chi connectivity index (χ1n) is 12.5. The number of carbonyl (C=O) groups excluding carboxylic acids is 1. The summed E-state index contributed by atoms with van der Waals surface area (Å²) in [6.45, 7) is 7.47. The Kier molecular flexibility index (Phi) is 9.08. The number of amides is 1. The van der Waals surface area contributed by atoms with E-state index >= 15 is 0 Å². The SMILES string of the molecule is CCCc1nc(C(=O)NCC(O)CN2CCN(c3cccc(Cl)c3Cl)CC2)c(C)n1-c1ccc(F)cc1. The van der Waals surface area contributed by atoms with Gasteiger partial charge in [0, 0.05) is 51.4 Å². The van der Waals surface area contributed by atoms with Gasteiger partial charge in [0.1, 0.15) is 17.3 Å². The standard InChI is InChI=1S/C27H32Cl2FN5O2/c1-3-5-24-32-26(18(2)35(24)20-10-8-19(30)9-11-20)27(37)31-16-21(36)17-33-12-14-34(15-13-33)23-7-4-6-22(28)25(23)29/h4,6-11,21,36H,3,5,12-17H2,1-2H3,(H,31,37). The molecule has 2 N–H and O–H groups in total. The fourth-order valence-corrected chi connectivity index (χ4v) is 5.08. The molecule has 1 aliphatic heterocycles. The van der Waals surface area contributed by atoms with Gasteiger partial charge in [-0.25, -0.2) is 9.37 Å². The van der Waals surface area contributed by atoms with E-state index in [1.807, 2.05) is 30.5 Å².